The molecule has 2 unspecified atom stereocenters. The largest absolute Gasteiger partial charge is 0.497 e. The molecule has 2 heterocycles. The molecule has 2 atom stereocenters. The maximum Gasteiger partial charge on any atom is 0.497 e. The van der Waals surface area contributed by atoms with Crippen molar-refractivity contribution < 1.29 is 41.1 Å². The minimum Gasteiger partial charge on any atom is -0.395 e. The second kappa shape index (κ2) is 15.9. The molecule has 0 amide bonds. The van der Waals surface area contributed by atoms with Gasteiger partial charge in [-0.25, -0.2) is 0 Å². The Morgan fingerprint density at radius 1 is 1.03 bits per heavy atom. The first-order chi connectivity index (χ1) is 15.8. The smallest absolute Gasteiger partial charge is 0.395 e. The molecular formula is C22H48O9Si2. The SMILES string of the molecule is CCO[Si](C)(OCC)OC(C)CCCOCC1CO1.COC1(OC)CCCC[Si]1(OC)OC. The van der Waals surface area contributed by atoms with E-state index in [0.717, 1.165) is 58.0 Å². The Balaban J connectivity index is 0.000000346. The summed E-state index contributed by atoms with van der Waals surface area (Å²) in [5, 5.41) is 0. The minimum absolute atomic E-state index is 0.135. The highest BCUT2D eigenvalue weighted by Crippen LogP contribution is 2.40. The molecule has 2 saturated heterocycles. The highest BCUT2D eigenvalue weighted by Gasteiger charge is 2.60. The van der Waals surface area contributed by atoms with Crippen LogP contribution < -0.4 is 0 Å². The van der Waals surface area contributed by atoms with Crippen LogP contribution in [0.5, 0.6) is 0 Å². The molecule has 0 aromatic rings. The summed E-state index contributed by atoms with van der Waals surface area (Å²) in [6.45, 7) is 11.5. The van der Waals surface area contributed by atoms with Crippen molar-refractivity contribution in [1.82, 2.24) is 0 Å². The highest BCUT2D eigenvalue weighted by molar-refractivity contribution is 6.70. The van der Waals surface area contributed by atoms with Crippen LogP contribution in [0.15, 0.2) is 0 Å². The zero-order valence-electron chi connectivity index (χ0n) is 22.1. The van der Waals surface area contributed by atoms with Crippen LogP contribution in [0.2, 0.25) is 12.6 Å². The third-order valence-corrected chi connectivity index (χ3v) is 12.6. The van der Waals surface area contributed by atoms with E-state index < -0.39 is 22.8 Å². The van der Waals surface area contributed by atoms with Crippen molar-refractivity contribution >= 4 is 17.4 Å². The normalized spacial score (nSPS) is 22.4. The Hall–Kier alpha value is 0.0738. The second-order valence-electron chi connectivity index (χ2n) is 8.36. The lowest BCUT2D eigenvalue weighted by atomic mass is 10.2. The molecule has 0 N–H and O–H groups in total. The van der Waals surface area contributed by atoms with Crippen LogP contribution in [-0.4, -0.2) is 96.5 Å². The lowest BCUT2D eigenvalue weighted by Crippen LogP contribution is -2.65. The van der Waals surface area contributed by atoms with Crippen molar-refractivity contribution in [3.8, 4) is 0 Å². The Labute approximate surface area is 203 Å². The van der Waals surface area contributed by atoms with Gasteiger partial charge in [-0.3, -0.25) is 0 Å². The van der Waals surface area contributed by atoms with Crippen LogP contribution in [0.4, 0.5) is 0 Å². The van der Waals surface area contributed by atoms with Crippen LogP contribution in [0, 0.1) is 0 Å². The van der Waals surface area contributed by atoms with Gasteiger partial charge in [0, 0.05) is 67.3 Å². The lowest BCUT2D eigenvalue weighted by Gasteiger charge is -2.46. The maximum absolute atomic E-state index is 5.97. The van der Waals surface area contributed by atoms with Gasteiger partial charge in [-0.05, 0) is 46.1 Å². The number of epoxide rings is 1. The van der Waals surface area contributed by atoms with E-state index in [2.05, 4.69) is 6.92 Å². The van der Waals surface area contributed by atoms with Crippen LogP contribution in [0.1, 0.15) is 52.9 Å². The number of methoxy groups -OCH3 is 2. The summed E-state index contributed by atoms with van der Waals surface area (Å²) in [7, 11) is 1.89. The molecule has 0 bridgehead atoms. The molecule has 9 nitrogen and oxygen atoms in total. The predicted molar refractivity (Wildman–Crippen MR) is 130 cm³/mol. The van der Waals surface area contributed by atoms with Gasteiger partial charge in [0.05, 0.1) is 13.2 Å². The first-order valence-corrected chi connectivity index (χ1v) is 16.4. The Kier molecular flexibility index (Phi) is 15.0. The van der Waals surface area contributed by atoms with Gasteiger partial charge < -0.3 is 41.1 Å². The topological polar surface area (TPSA) is 86.4 Å². The highest BCUT2D eigenvalue weighted by atomic mass is 28.4. The van der Waals surface area contributed by atoms with Crippen molar-refractivity contribution in [1.29, 1.82) is 0 Å². The molecule has 0 aliphatic carbocycles. The first-order valence-electron chi connectivity index (χ1n) is 12.2. The number of hydrogen-bond donors (Lipinski definition) is 0. The fraction of sp³-hybridized carbons (Fsp3) is 1.00. The fourth-order valence-corrected chi connectivity index (χ4v) is 9.79. The van der Waals surface area contributed by atoms with Crippen molar-refractivity contribution in [2.75, 3.05) is 61.5 Å². The van der Waals surface area contributed by atoms with Gasteiger partial charge in [0.25, 0.3) is 0 Å². The van der Waals surface area contributed by atoms with E-state index in [-0.39, 0.29) is 6.10 Å². The molecular weight excluding hydrogens is 464 g/mol. The maximum atomic E-state index is 5.97. The van der Waals surface area contributed by atoms with E-state index in [0.29, 0.717) is 19.3 Å². The molecule has 0 aromatic carbocycles. The first kappa shape index (κ1) is 31.1. The molecule has 2 fully saturated rings. The molecule has 198 valence electrons. The molecule has 2 aliphatic rings. The van der Waals surface area contributed by atoms with Crippen molar-refractivity contribution in [2.45, 2.75) is 83.1 Å². The van der Waals surface area contributed by atoms with Crippen LogP contribution >= 0.6 is 0 Å². The molecule has 11 heteroatoms. The number of rotatable bonds is 16. The Morgan fingerprint density at radius 3 is 2.09 bits per heavy atom. The van der Waals surface area contributed by atoms with E-state index in [1.165, 1.54) is 0 Å². The van der Waals surface area contributed by atoms with E-state index >= 15 is 0 Å². The summed E-state index contributed by atoms with van der Waals surface area (Å²) in [6, 6.07) is 0.932. The third-order valence-electron chi connectivity index (χ3n) is 5.99. The predicted octanol–water partition coefficient (Wildman–Crippen LogP) is 3.66. The minimum atomic E-state index is -2.45. The summed E-state index contributed by atoms with van der Waals surface area (Å²) in [6.07, 6.45) is 5.50. The van der Waals surface area contributed by atoms with E-state index in [4.69, 9.17) is 41.1 Å². The lowest BCUT2D eigenvalue weighted by molar-refractivity contribution is -0.183. The molecule has 0 aromatic heterocycles. The molecule has 2 rings (SSSR count). The van der Waals surface area contributed by atoms with Crippen LogP contribution in [0.3, 0.4) is 0 Å². The monoisotopic (exact) mass is 512 g/mol. The summed E-state index contributed by atoms with van der Waals surface area (Å²) in [4.78, 5) is 0. The van der Waals surface area contributed by atoms with Gasteiger partial charge >= 0.3 is 17.4 Å². The van der Waals surface area contributed by atoms with Gasteiger partial charge in [0.2, 0.25) is 5.41 Å². The van der Waals surface area contributed by atoms with Crippen molar-refractivity contribution in [2.24, 2.45) is 0 Å². The van der Waals surface area contributed by atoms with Crippen LogP contribution in [-0.2, 0) is 41.1 Å². The molecule has 33 heavy (non-hydrogen) atoms. The summed E-state index contributed by atoms with van der Waals surface area (Å²) >= 11 is 0. The Morgan fingerprint density at radius 2 is 1.64 bits per heavy atom. The molecule has 0 saturated carbocycles. The third kappa shape index (κ3) is 9.92. The van der Waals surface area contributed by atoms with Crippen LogP contribution in [0.25, 0.3) is 0 Å². The van der Waals surface area contributed by atoms with E-state index in [1.807, 2.05) is 20.4 Å². The van der Waals surface area contributed by atoms with Gasteiger partial charge in [-0.1, -0.05) is 6.42 Å². The molecule has 0 spiro atoms. The number of hydrogen-bond acceptors (Lipinski definition) is 9. The zero-order chi connectivity index (χ0) is 24.8. The van der Waals surface area contributed by atoms with E-state index in [1.54, 1.807) is 28.4 Å². The molecule has 2 aliphatic heterocycles. The van der Waals surface area contributed by atoms with E-state index in [9.17, 15) is 0 Å². The zero-order valence-corrected chi connectivity index (χ0v) is 24.1. The second-order valence-corrected chi connectivity index (χ2v) is 14.5. The number of ether oxygens (including phenoxy) is 4. The van der Waals surface area contributed by atoms with Crippen molar-refractivity contribution in [3.05, 3.63) is 0 Å². The Bertz CT molecular complexity index is 474. The van der Waals surface area contributed by atoms with Gasteiger partial charge in [0.1, 0.15) is 6.10 Å². The standard InChI is InChI=1S/C13H28O5Si.C9H20O4Si/c1-5-16-19(4,17-6-2)18-12(3)8-7-9-14-10-13-11-15-13;1-10-9(11-2)7-5-6-8-14(9,12-3)13-4/h12-13H,5-11H2,1-4H3;5-8H2,1-4H3. The molecule has 0 radical (unpaired) electrons. The summed E-state index contributed by atoms with van der Waals surface area (Å²) in [5.74, 6) is 0. The van der Waals surface area contributed by atoms with Gasteiger partial charge in [-0.15, -0.1) is 0 Å². The average molecular weight is 513 g/mol. The van der Waals surface area contributed by atoms with Gasteiger partial charge in [0.15, 0.2) is 0 Å². The summed E-state index contributed by atoms with van der Waals surface area (Å²) < 4.78 is 50.1. The van der Waals surface area contributed by atoms with Crippen molar-refractivity contribution in [3.63, 3.8) is 0 Å². The quantitative estimate of drug-likeness (QED) is 0.133. The van der Waals surface area contributed by atoms with Gasteiger partial charge in [-0.2, -0.15) is 0 Å². The summed E-state index contributed by atoms with van der Waals surface area (Å²) in [5.41, 5.74) is -0.630. The average Bonchev–Trinajstić information content (AvgIpc) is 3.63. The fourth-order valence-electron chi connectivity index (χ4n) is 4.20.